The Balaban J connectivity index is 2.01. The minimum atomic E-state index is 0.784. The molecule has 0 aliphatic rings. The van der Waals surface area contributed by atoms with E-state index in [0.717, 1.165) is 11.4 Å². The van der Waals surface area contributed by atoms with Gasteiger partial charge in [-0.2, -0.15) is 0 Å². The molecule has 0 saturated carbocycles. The zero-order chi connectivity index (χ0) is 18.8. The SMILES string of the molecule is Nc1ccc2ccc3ccc4ccc5ccc6ccc(N)cc6c5c4c3c2c1. The van der Waals surface area contributed by atoms with Crippen molar-refractivity contribution in [1.29, 1.82) is 0 Å². The van der Waals surface area contributed by atoms with E-state index in [0.29, 0.717) is 0 Å². The predicted octanol–water partition coefficient (Wildman–Crippen LogP) is 6.62. The third kappa shape index (κ3) is 2.03. The van der Waals surface area contributed by atoms with Gasteiger partial charge in [-0.05, 0) is 78.1 Å². The van der Waals surface area contributed by atoms with E-state index in [2.05, 4.69) is 72.8 Å². The zero-order valence-electron chi connectivity index (χ0n) is 15.2. The first-order valence-electron chi connectivity index (χ1n) is 9.45. The lowest BCUT2D eigenvalue weighted by atomic mass is 9.90. The number of hydrogen-bond donors (Lipinski definition) is 2. The molecule has 2 heteroatoms. The second-order valence-electron chi connectivity index (χ2n) is 7.52. The molecule has 0 aliphatic heterocycles. The van der Waals surface area contributed by atoms with Crippen LogP contribution in [0.2, 0.25) is 0 Å². The molecule has 28 heavy (non-hydrogen) atoms. The van der Waals surface area contributed by atoms with Gasteiger partial charge in [0, 0.05) is 11.4 Å². The van der Waals surface area contributed by atoms with E-state index in [9.17, 15) is 0 Å². The lowest BCUT2D eigenvalue weighted by Gasteiger charge is -2.13. The number of rotatable bonds is 0. The molecule has 0 aromatic heterocycles. The molecule has 0 aliphatic carbocycles. The molecule has 0 spiro atoms. The Morgan fingerprint density at radius 2 is 0.679 bits per heavy atom. The second-order valence-corrected chi connectivity index (χ2v) is 7.52. The monoisotopic (exact) mass is 358 g/mol. The highest BCUT2D eigenvalue weighted by Gasteiger charge is 2.11. The van der Waals surface area contributed by atoms with Gasteiger partial charge in [0.2, 0.25) is 0 Å². The summed E-state index contributed by atoms with van der Waals surface area (Å²) in [4.78, 5) is 0. The van der Waals surface area contributed by atoms with Crippen molar-refractivity contribution in [2.24, 2.45) is 0 Å². The fourth-order valence-corrected chi connectivity index (χ4v) is 4.54. The first kappa shape index (κ1) is 15.3. The summed E-state index contributed by atoms with van der Waals surface area (Å²) in [5.74, 6) is 0. The molecule has 0 saturated heterocycles. The van der Waals surface area contributed by atoms with Crippen LogP contribution in [-0.4, -0.2) is 0 Å². The highest BCUT2D eigenvalue weighted by atomic mass is 14.5. The average Bonchev–Trinajstić information content (AvgIpc) is 2.72. The summed E-state index contributed by atoms with van der Waals surface area (Å²) >= 11 is 0. The van der Waals surface area contributed by atoms with Gasteiger partial charge < -0.3 is 11.5 Å². The summed E-state index contributed by atoms with van der Waals surface area (Å²) in [6, 6.07) is 29.9. The van der Waals surface area contributed by atoms with Gasteiger partial charge in [0.15, 0.2) is 0 Å². The van der Waals surface area contributed by atoms with Gasteiger partial charge in [-0.3, -0.25) is 0 Å². The van der Waals surface area contributed by atoms with Crippen molar-refractivity contribution in [3.8, 4) is 0 Å². The Labute approximate surface area is 162 Å². The van der Waals surface area contributed by atoms with Gasteiger partial charge in [-0.25, -0.2) is 0 Å². The molecule has 6 aromatic carbocycles. The van der Waals surface area contributed by atoms with Crippen LogP contribution in [0.1, 0.15) is 0 Å². The Hall–Kier alpha value is -3.78. The van der Waals surface area contributed by atoms with E-state index >= 15 is 0 Å². The third-order valence-electron chi connectivity index (χ3n) is 5.83. The molecule has 6 aromatic rings. The van der Waals surface area contributed by atoms with Crippen molar-refractivity contribution in [2.75, 3.05) is 11.5 Å². The molecule has 0 unspecified atom stereocenters. The molecular formula is C26H18N2. The van der Waals surface area contributed by atoms with Crippen molar-refractivity contribution >= 4 is 65.2 Å². The highest BCUT2D eigenvalue weighted by molar-refractivity contribution is 6.32. The van der Waals surface area contributed by atoms with E-state index in [1.807, 2.05) is 12.1 Å². The van der Waals surface area contributed by atoms with Crippen molar-refractivity contribution in [2.45, 2.75) is 0 Å². The summed E-state index contributed by atoms with van der Waals surface area (Å²) in [6.45, 7) is 0. The topological polar surface area (TPSA) is 52.0 Å². The number of hydrogen-bond acceptors (Lipinski definition) is 2. The standard InChI is InChI=1S/C26H18N2/c27-20-11-9-15-1-3-17-5-7-19-8-6-18-4-2-16-10-12-21(28)14-23(16)25(18)26(19)24(17)22(15)13-20/h1-14H,27-28H2. The van der Waals surface area contributed by atoms with Gasteiger partial charge in [-0.15, -0.1) is 0 Å². The molecule has 0 radical (unpaired) electrons. The van der Waals surface area contributed by atoms with E-state index in [-0.39, 0.29) is 0 Å². The van der Waals surface area contributed by atoms with E-state index in [1.165, 1.54) is 53.9 Å². The van der Waals surface area contributed by atoms with Gasteiger partial charge in [0.25, 0.3) is 0 Å². The third-order valence-corrected chi connectivity index (χ3v) is 5.83. The first-order valence-corrected chi connectivity index (χ1v) is 9.45. The van der Waals surface area contributed by atoms with Crippen LogP contribution in [0.15, 0.2) is 84.9 Å². The minimum absolute atomic E-state index is 0.784. The molecule has 0 bridgehead atoms. The molecule has 0 amide bonds. The van der Waals surface area contributed by atoms with Crippen molar-refractivity contribution in [3.05, 3.63) is 84.9 Å². The molecule has 0 atom stereocenters. The normalized spacial score (nSPS) is 11.9. The maximum absolute atomic E-state index is 6.17. The second kappa shape index (κ2) is 5.37. The zero-order valence-corrected chi connectivity index (χ0v) is 15.2. The lowest BCUT2D eigenvalue weighted by molar-refractivity contribution is 1.75. The summed E-state index contributed by atoms with van der Waals surface area (Å²) in [7, 11) is 0. The lowest BCUT2D eigenvalue weighted by Crippen LogP contribution is -1.88. The Morgan fingerprint density at radius 3 is 1.11 bits per heavy atom. The Bertz CT molecular complexity index is 1450. The molecule has 2 nitrogen and oxygen atoms in total. The van der Waals surface area contributed by atoms with Gasteiger partial charge >= 0.3 is 0 Å². The molecule has 6 rings (SSSR count). The fraction of sp³-hybridized carbons (Fsp3) is 0. The molecule has 132 valence electrons. The maximum atomic E-state index is 6.17. The van der Waals surface area contributed by atoms with E-state index < -0.39 is 0 Å². The average molecular weight is 358 g/mol. The summed E-state index contributed by atoms with van der Waals surface area (Å²) in [6.07, 6.45) is 0. The van der Waals surface area contributed by atoms with Crippen LogP contribution in [0.5, 0.6) is 0 Å². The van der Waals surface area contributed by atoms with Crippen molar-refractivity contribution in [3.63, 3.8) is 0 Å². The van der Waals surface area contributed by atoms with Crippen LogP contribution in [0.3, 0.4) is 0 Å². The number of benzene rings is 6. The van der Waals surface area contributed by atoms with Crippen LogP contribution >= 0.6 is 0 Å². The van der Waals surface area contributed by atoms with E-state index in [1.54, 1.807) is 0 Å². The molecule has 0 fully saturated rings. The number of fused-ring (bicyclic) bond motifs is 9. The van der Waals surface area contributed by atoms with E-state index in [4.69, 9.17) is 11.5 Å². The summed E-state index contributed by atoms with van der Waals surface area (Å²) in [5, 5.41) is 12.2. The quantitative estimate of drug-likeness (QED) is 0.237. The smallest absolute Gasteiger partial charge is 0.0320 e. The number of nitrogen functional groups attached to an aromatic ring is 2. The van der Waals surface area contributed by atoms with Crippen molar-refractivity contribution in [1.82, 2.24) is 0 Å². The predicted molar refractivity (Wildman–Crippen MR) is 123 cm³/mol. The highest BCUT2D eigenvalue weighted by Crippen LogP contribution is 2.40. The molecule has 4 N–H and O–H groups in total. The number of anilines is 2. The van der Waals surface area contributed by atoms with Crippen LogP contribution in [0, 0.1) is 0 Å². The maximum Gasteiger partial charge on any atom is 0.0320 e. The minimum Gasteiger partial charge on any atom is -0.399 e. The van der Waals surface area contributed by atoms with Crippen molar-refractivity contribution < 1.29 is 0 Å². The Morgan fingerprint density at radius 1 is 0.357 bits per heavy atom. The van der Waals surface area contributed by atoms with Crippen LogP contribution in [0.4, 0.5) is 11.4 Å². The van der Waals surface area contributed by atoms with Crippen LogP contribution < -0.4 is 11.5 Å². The van der Waals surface area contributed by atoms with Crippen LogP contribution in [-0.2, 0) is 0 Å². The number of nitrogens with two attached hydrogens (primary N) is 2. The fourth-order valence-electron chi connectivity index (χ4n) is 4.54. The largest absolute Gasteiger partial charge is 0.399 e. The molecular weight excluding hydrogens is 340 g/mol. The first-order chi connectivity index (χ1) is 13.7. The van der Waals surface area contributed by atoms with Gasteiger partial charge in [0.1, 0.15) is 0 Å². The molecule has 0 heterocycles. The van der Waals surface area contributed by atoms with Crippen LogP contribution in [0.25, 0.3) is 53.9 Å². The van der Waals surface area contributed by atoms with Gasteiger partial charge in [0.05, 0.1) is 0 Å². The summed E-state index contributed by atoms with van der Waals surface area (Å²) in [5.41, 5.74) is 13.9. The summed E-state index contributed by atoms with van der Waals surface area (Å²) < 4.78 is 0. The Kier molecular flexibility index (Phi) is 2.93. The van der Waals surface area contributed by atoms with Gasteiger partial charge in [-0.1, -0.05) is 60.7 Å².